The molecular formula is C13H14O3S. The number of fused-ring (bicyclic) bond motifs is 1. The van der Waals surface area contributed by atoms with Crippen molar-refractivity contribution < 1.29 is 13.0 Å². The lowest BCUT2D eigenvalue weighted by Gasteiger charge is -2.09. The molecular weight excluding hydrogens is 236 g/mol. The van der Waals surface area contributed by atoms with Crippen LogP contribution in [0.3, 0.4) is 0 Å². The molecule has 3 nitrogen and oxygen atoms in total. The third-order valence-corrected chi connectivity index (χ3v) is 3.65. The summed E-state index contributed by atoms with van der Waals surface area (Å²) in [6.07, 6.45) is 1.72. The fourth-order valence-corrected chi connectivity index (χ4v) is 2.83. The van der Waals surface area contributed by atoms with Gasteiger partial charge in [-0.3, -0.25) is 4.55 Å². The van der Waals surface area contributed by atoms with E-state index in [2.05, 4.69) is 0 Å². The number of hydrogen-bond acceptors (Lipinski definition) is 2. The monoisotopic (exact) mass is 250 g/mol. The summed E-state index contributed by atoms with van der Waals surface area (Å²) < 4.78 is 32.0. The maximum atomic E-state index is 11.4. The summed E-state index contributed by atoms with van der Waals surface area (Å²) in [5.41, 5.74) is 0.957. The molecule has 0 unspecified atom stereocenters. The fourth-order valence-electron chi connectivity index (χ4n) is 2.07. The van der Waals surface area contributed by atoms with Gasteiger partial charge in [-0.2, -0.15) is 8.42 Å². The summed E-state index contributed by atoms with van der Waals surface area (Å²) in [7, 11) is -4.17. The summed E-state index contributed by atoms with van der Waals surface area (Å²) in [6.45, 7) is 2.04. The van der Waals surface area contributed by atoms with E-state index >= 15 is 0 Å². The first-order chi connectivity index (χ1) is 8.04. The number of rotatable bonds is 3. The Hall–Kier alpha value is -1.39. The summed E-state index contributed by atoms with van der Waals surface area (Å²) >= 11 is 0. The zero-order valence-electron chi connectivity index (χ0n) is 9.55. The van der Waals surface area contributed by atoms with E-state index in [4.69, 9.17) is 0 Å². The predicted octanol–water partition coefficient (Wildman–Crippen LogP) is 3.04. The third-order valence-electron chi connectivity index (χ3n) is 2.75. The Bertz CT molecular complexity index is 640. The van der Waals surface area contributed by atoms with Gasteiger partial charge in [-0.1, -0.05) is 43.7 Å². The van der Waals surface area contributed by atoms with E-state index in [1.807, 2.05) is 31.2 Å². The average Bonchev–Trinajstić information content (AvgIpc) is 2.28. The molecule has 2 aromatic carbocycles. The second-order valence-corrected chi connectivity index (χ2v) is 5.39. The molecule has 4 heteroatoms. The highest BCUT2D eigenvalue weighted by atomic mass is 32.2. The molecule has 0 aliphatic heterocycles. The highest BCUT2D eigenvalue weighted by Gasteiger charge is 2.15. The second-order valence-electron chi connectivity index (χ2n) is 4.00. The lowest BCUT2D eigenvalue weighted by atomic mass is 10.0. The van der Waals surface area contributed by atoms with Gasteiger partial charge in [0, 0.05) is 5.39 Å². The van der Waals surface area contributed by atoms with E-state index in [0.29, 0.717) is 5.39 Å². The van der Waals surface area contributed by atoms with E-state index in [1.54, 1.807) is 6.07 Å². The van der Waals surface area contributed by atoms with Crippen LogP contribution in [0.4, 0.5) is 0 Å². The first kappa shape index (κ1) is 12.1. The maximum Gasteiger partial charge on any atom is 0.295 e. The maximum absolute atomic E-state index is 11.4. The van der Waals surface area contributed by atoms with Gasteiger partial charge in [-0.25, -0.2) is 0 Å². The molecule has 0 amide bonds. The Morgan fingerprint density at radius 3 is 2.35 bits per heavy atom. The van der Waals surface area contributed by atoms with Crippen LogP contribution in [0.15, 0.2) is 41.3 Å². The topological polar surface area (TPSA) is 54.4 Å². The zero-order valence-corrected chi connectivity index (χ0v) is 10.4. The Morgan fingerprint density at radius 2 is 1.76 bits per heavy atom. The van der Waals surface area contributed by atoms with Gasteiger partial charge in [-0.05, 0) is 23.4 Å². The second kappa shape index (κ2) is 4.47. The molecule has 0 bridgehead atoms. The van der Waals surface area contributed by atoms with Crippen LogP contribution in [-0.4, -0.2) is 13.0 Å². The first-order valence-corrected chi connectivity index (χ1v) is 6.96. The van der Waals surface area contributed by atoms with Crippen molar-refractivity contribution in [1.82, 2.24) is 0 Å². The number of aryl methyl sites for hydroxylation is 1. The lowest BCUT2D eigenvalue weighted by Crippen LogP contribution is -2.01. The average molecular weight is 250 g/mol. The SMILES string of the molecule is CCCc1cccc2cccc(S(=O)(=O)O)c12. The minimum Gasteiger partial charge on any atom is -0.282 e. The molecule has 0 aliphatic carbocycles. The molecule has 0 aliphatic rings. The van der Waals surface area contributed by atoms with Crippen molar-refractivity contribution in [1.29, 1.82) is 0 Å². The molecule has 1 N–H and O–H groups in total. The normalized spacial score (nSPS) is 11.9. The lowest BCUT2D eigenvalue weighted by molar-refractivity contribution is 0.484. The van der Waals surface area contributed by atoms with Gasteiger partial charge in [-0.15, -0.1) is 0 Å². The van der Waals surface area contributed by atoms with Gasteiger partial charge in [0.25, 0.3) is 10.1 Å². The highest BCUT2D eigenvalue weighted by molar-refractivity contribution is 7.86. The molecule has 2 aromatic rings. The van der Waals surface area contributed by atoms with Crippen LogP contribution in [0.1, 0.15) is 18.9 Å². The van der Waals surface area contributed by atoms with Crippen LogP contribution in [0.2, 0.25) is 0 Å². The Kier molecular flexibility index (Phi) is 3.17. The molecule has 0 radical (unpaired) electrons. The molecule has 0 aromatic heterocycles. The van der Waals surface area contributed by atoms with Crippen molar-refractivity contribution in [3.8, 4) is 0 Å². The van der Waals surface area contributed by atoms with E-state index in [1.165, 1.54) is 6.07 Å². The fraction of sp³-hybridized carbons (Fsp3) is 0.231. The number of hydrogen-bond donors (Lipinski definition) is 1. The van der Waals surface area contributed by atoms with Crippen LogP contribution in [0.5, 0.6) is 0 Å². The molecule has 2 rings (SSSR count). The summed E-state index contributed by atoms with van der Waals surface area (Å²) in [6, 6.07) is 10.6. The van der Waals surface area contributed by atoms with Gasteiger partial charge in [0.05, 0.1) is 0 Å². The molecule has 0 atom stereocenters. The van der Waals surface area contributed by atoms with Crippen molar-refractivity contribution in [2.45, 2.75) is 24.7 Å². The molecule has 17 heavy (non-hydrogen) atoms. The van der Waals surface area contributed by atoms with Gasteiger partial charge in [0.15, 0.2) is 0 Å². The van der Waals surface area contributed by atoms with Gasteiger partial charge in [0.1, 0.15) is 4.90 Å². The van der Waals surface area contributed by atoms with Gasteiger partial charge >= 0.3 is 0 Å². The highest BCUT2D eigenvalue weighted by Crippen LogP contribution is 2.27. The summed E-state index contributed by atoms with van der Waals surface area (Å²) in [5.74, 6) is 0. The van der Waals surface area contributed by atoms with E-state index in [9.17, 15) is 13.0 Å². The number of benzene rings is 2. The van der Waals surface area contributed by atoms with Crippen molar-refractivity contribution in [2.24, 2.45) is 0 Å². The van der Waals surface area contributed by atoms with E-state index in [0.717, 1.165) is 23.8 Å². The van der Waals surface area contributed by atoms with Crippen molar-refractivity contribution >= 4 is 20.9 Å². The van der Waals surface area contributed by atoms with E-state index in [-0.39, 0.29) is 4.90 Å². The summed E-state index contributed by atoms with van der Waals surface area (Å²) in [4.78, 5) is -0.000880. The quantitative estimate of drug-likeness (QED) is 0.852. The standard InChI is InChI=1S/C13H14O3S/c1-2-5-10-6-3-7-11-8-4-9-12(13(10)11)17(14,15)16/h3-4,6-9H,2,5H2,1H3,(H,14,15,16). The van der Waals surface area contributed by atoms with Crippen molar-refractivity contribution in [2.75, 3.05) is 0 Å². The predicted molar refractivity (Wildman–Crippen MR) is 67.8 cm³/mol. The first-order valence-electron chi connectivity index (χ1n) is 5.52. The van der Waals surface area contributed by atoms with Crippen LogP contribution in [0, 0.1) is 0 Å². The third kappa shape index (κ3) is 2.33. The zero-order chi connectivity index (χ0) is 12.5. The van der Waals surface area contributed by atoms with Gasteiger partial charge < -0.3 is 0 Å². The molecule has 0 saturated heterocycles. The molecule has 0 saturated carbocycles. The smallest absolute Gasteiger partial charge is 0.282 e. The molecule has 90 valence electrons. The Balaban J connectivity index is 2.85. The minimum absolute atomic E-state index is 0.000880. The molecule has 0 spiro atoms. The summed E-state index contributed by atoms with van der Waals surface area (Å²) in [5, 5.41) is 1.48. The van der Waals surface area contributed by atoms with Crippen LogP contribution < -0.4 is 0 Å². The van der Waals surface area contributed by atoms with Crippen LogP contribution >= 0.6 is 0 Å². The Morgan fingerprint density at radius 1 is 1.12 bits per heavy atom. The van der Waals surface area contributed by atoms with Crippen molar-refractivity contribution in [3.05, 3.63) is 42.0 Å². The van der Waals surface area contributed by atoms with Crippen molar-refractivity contribution in [3.63, 3.8) is 0 Å². The molecule has 0 fully saturated rings. The van der Waals surface area contributed by atoms with Crippen LogP contribution in [0.25, 0.3) is 10.8 Å². The van der Waals surface area contributed by atoms with Crippen LogP contribution in [-0.2, 0) is 16.5 Å². The molecule has 0 heterocycles. The Labute approximate surface area is 101 Å². The van der Waals surface area contributed by atoms with E-state index < -0.39 is 10.1 Å². The van der Waals surface area contributed by atoms with Gasteiger partial charge in [0.2, 0.25) is 0 Å². The minimum atomic E-state index is -4.17. The largest absolute Gasteiger partial charge is 0.295 e.